The number of aryl methyl sites for hydroxylation is 1. The summed E-state index contributed by atoms with van der Waals surface area (Å²) in [6.45, 7) is 1.73. The highest BCUT2D eigenvalue weighted by atomic mass is 16.5. The van der Waals surface area contributed by atoms with Crippen LogP contribution in [0.15, 0.2) is 42.5 Å². The van der Waals surface area contributed by atoms with E-state index < -0.39 is 5.97 Å². The lowest BCUT2D eigenvalue weighted by Gasteiger charge is -2.13. The minimum atomic E-state index is -1.01. The Morgan fingerprint density at radius 2 is 1.63 bits per heavy atom. The Kier molecular flexibility index (Phi) is 3.71. The number of aromatic carboxylic acids is 1. The fraction of sp³-hybridized carbons (Fsp3) is 0.133. The minimum absolute atomic E-state index is 0.161. The summed E-state index contributed by atoms with van der Waals surface area (Å²) in [4.78, 5) is 11.3. The van der Waals surface area contributed by atoms with Gasteiger partial charge in [-0.1, -0.05) is 24.3 Å². The number of rotatable bonds is 4. The van der Waals surface area contributed by atoms with Crippen molar-refractivity contribution in [1.29, 1.82) is 0 Å². The number of benzene rings is 2. The van der Waals surface area contributed by atoms with Crippen LogP contribution in [0, 0.1) is 6.92 Å². The molecule has 0 atom stereocenters. The quantitative estimate of drug-likeness (QED) is 0.912. The number of para-hydroxylation sites is 2. The van der Waals surface area contributed by atoms with Crippen molar-refractivity contribution in [1.82, 2.24) is 0 Å². The zero-order chi connectivity index (χ0) is 13.8. The Morgan fingerprint density at radius 3 is 2.26 bits per heavy atom. The number of carbonyl (C=O) groups is 1. The van der Waals surface area contributed by atoms with E-state index in [1.807, 2.05) is 6.07 Å². The molecule has 0 aliphatic rings. The van der Waals surface area contributed by atoms with Crippen molar-refractivity contribution in [2.45, 2.75) is 6.92 Å². The molecule has 19 heavy (non-hydrogen) atoms. The third-order valence-corrected chi connectivity index (χ3v) is 2.74. The average molecular weight is 258 g/mol. The van der Waals surface area contributed by atoms with Crippen molar-refractivity contribution in [3.63, 3.8) is 0 Å². The minimum Gasteiger partial charge on any atom is -0.493 e. The summed E-state index contributed by atoms with van der Waals surface area (Å²) >= 11 is 0. The Morgan fingerprint density at radius 1 is 1.00 bits per heavy atom. The van der Waals surface area contributed by atoms with Gasteiger partial charge in [0.25, 0.3) is 0 Å². The van der Waals surface area contributed by atoms with Crippen molar-refractivity contribution < 1.29 is 19.4 Å². The predicted octanol–water partition coefficient (Wildman–Crippen LogP) is 3.49. The molecular formula is C15H14O4. The molecule has 1 N–H and O–H groups in total. The SMILES string of the molecule is COc1ccccc1Oc1cccc(C)c1C(=O)O. The van der Waals surface area contributed by atoms with E-state index in [0.29, 0.717) is 22.8 Å². The van der Waals surface area contributed by atoms with Crippen LogP contribution in [0.4, 0.5) is 0 Å². The van der Waals surface area contributed by atoms with E-state index in [1.54, 1.807) is 43.3 Å². The van der Waals surface area contributed by atoms with Crippen LogP contribution in [-0.4, -0.2) is 18.2 Å². The van der Waals surface area contributed by atoms with Gasteiger partial charge in [-0.3, -0.25) is 0 Å². The molecule has 2 aromatic carbocycles. The zero-order valence-corrected chi connectivity index (χ0v) is 10.7. The fourth-order valence-corrected chi connectivity index (χ4v) is 1.82. The third-order valence-electron chi connectivity index (χ3n) is 2.74. The first-order valence-corrected chi connectivity index (χ1v) is 5.77. The molecule has 0 spiro atoms. The van der Waals surface area contributed by atoms with Crippen LogP contribution in [0.3, 0.4) is 0 Å². The first kappa shape index (κ1) is 13.0. The molecular weight excluding hydrogens is 244 g/mol. The summed E-state index contributed by atoms with van der Waals surface area (Å²) in [6, 6.07) is 12.2. The molecule has 0 saturated carbocycles. The fourth-order valence-electron chi connectivity index (χ4n) is 1.82. The molecule has 4 heteroatoms. The van der Waals surface area contributed by atoms with Gasteiger partial charge in [0.2, 0.25) is 0 Å². The molecule has 2 aromatic rings. The topological polar surface area (TPSA) is 55.8 Å². The van der Waals surface area contributed by atoms with Gasteiger partial charge < -0.3 is 14.6 Å². The Bertz CT molecular complexity index is 605. The van der Waals surface area contributed by atoms with Gasteiger partial charge >= 0.3 is 5.97 Å². The second-order valence-electron chi connectivity index (χ2n) is 4.01. The largest absolute Gasteiger partial charge is 0.493 e. The molecule has 0 heterocycles. The van der Waals surface area contributed by atoms with E-state index in [4.69, 9.17) is 9.47 Å². The number of hydrogen-bond donors (Lipinski definition) is 1. The Labute approximate surface area is 111 Å². The first-order chi connectivity index (χ1) is 9.13. The van der Waals surface area contributed by atoms with Crippen LogP contribution < -0.4 is 9.47 Å². The second kappa shape index (κ2) is 5.44. The number of carboxylic acids is 1. The highest BCUT2D eigenvalue weighted by Crippen LogP contribution is 2.33. The molecule has 0 radical (unpaired) electrons. The highest BCUT2D eigenvalue weighted by molar-refractivity contribution is 5.92. The Balaban J connectivity index is 2.44. The predicted molar refractivity (Wildman–Crippen MR) is 71.2 cm³/mol. The van der Waals surface area contributed by atoms with Crippen LogP contribution in [-0.2, 0) is 0 Å². The molecule has 98 valence electrons. The number of carboxylic acid groups (broad SMARTS) is 1. The summed E-state index contributed by atoms with van der Waals surface area (Å²) in [5.41, 5.74) is 0.813. The summed E-state index contributed by atoms with van der Waals surface area (Å²) in [6.07, 6.45) is 0. The molecule has 4 nitrogen and oxygen atoms in total. The van der Waals surface area contributed by atoms with Gasteiger partial charge in [-0.05, 0) is 30.7 Å². The molecule has 0 aliphatic heterocycles. The molecule has 2 rings (SSSR count). The molecule has 0 saturated heterocycles. The van der Waals surface area contributed by atoms with E-state index >= 15 is 0 Å². The van der Waals surface area contributed by atoms with Gasteiger partial charge in [0.05, 0.1) is 7.11 Å². The highest BCUT2D eigenvalue weighted by Gasteiger charge is 2.15. The number of hydrogen-bond acceptors (Lipinski definition) is 3. The standard InChI is InChI=1S/C15H14O4/c1-10-6-5-9-13(14(10)15(16)17)19-12-8-4-3-7-11(12)18-2/h3-9H,1-2H3,(H,16,17). The van der Waals surface area contributed by atoms with Gasteiger partial charge in [0, 0.05) is 0 Å². The monoisotopic (exact) mass is 258 g/mol. The second-order valence-corrected chi connectivity index (χ2v) is 4.01. The van der Waals surface area contributed by atoms with Crippen LogP contribution in [0.25, 0.3) is 0 Å². The summed E-state index contributed by atoms with van der Waals surface area (Å²) in [5.74, 6) is 0.332. The number of methoxy groups -OCH3 is 1. The summed E-state index contributed by atoms with van der Waals surface area (Å²) < 4.78 is 10.8. The van der Waals surface area contributed by atoms with Gasteiger partial charge in [0.1, 0.15) is 11.3 Å². The van der Waals surface area contributed by atoms with E-state index in [2.05, 4.69) is 0 Å². The van der Waals surface area contributed by atoms with E-state index in [0.717, 1.165) is 0 Å². The van der Waals surface area contributed by atoms with Crippen molar-refractivity contribution >= 4 is 5.97 Å². The maximum absolute atomic E-state index is 11.3. The van der Waals surface area contributed by atoms with Crippen LogP contribution in [0.1, 0.15) is 15.9 Å². The van der Waals surface area contributed by atoms with Crippen molar-refractivity contribution in [3.8, 4) is 17.2 Å². The van der Waals surface area contributed by atoms with Crippen molar-refractivity contribution in [3.05, 3.63) is 53.6 Å². The summed E-state index contributed by atoms with van der Waals surface area (Å²) in [7, 11) is 1.54. The third kappa shape index (κ3) is 2.68. The zero-order valence-electron chi connectivity index (χ0n) is 10.7. The average Bonchev–Trinajstić information content (AvgIpc) is 2.39. The molecule has 0 fully saturated rings. The van der Waals surface area contributed by atoms with Gasteiger partial charge in [-0.15, -0.1) is 0 Å². The van der Waals surface area contributed by atoms with E-state index in [1.165, 1.54) is 7.11 Å². The maximum Gasteiger partial charge on any atom is 0.339 e. The first-order valence-electron chi connectivity index (χ1n) is 5.77. The van der Waals surface area contributed by atoms with Crippen LogP contribution in [0.2, 0.25) is 0 Å². The molecule has 0 unspecified atom stereocenters. The molecule has 0 amide bonds. The molecule has 0 bridgehead atoms. The lowest BCUT2D eigenvalue weighted by molar-refractivity contribution is 0.0693. The van der Waals surface area contributed by atoms with Crippen LogP contribution >= 0.6 is 0 Å². The van der Waals surface area contributed by atoms with Gasteiger partial charge in [-0.25, -0.2) is 4.79 Å². The van der Waals surface area contributed by atoms with Crippen LogP contribution in [0.5, 0.6) is 17.2 Å². The Hall–Kier alpha value is -2.49. The van der Waals surface area contributed by atoms with Gasteiger partial charge in [-0.2, -0.15) is 0 Å². The van der Waals surface area contributed by atoms with Gasteiger partial charge in [0.15, 0.2) is 11.5 Å². The van der Waals surface area contributed by atoms with Crippen molar-refractivity contribution in [2.24, 2.45) is 0 Å². The lowest BCUT2D eigenvalue weighted by atomic mass is 10.1. The number of ether oxygens (including phenoxy) is 2. The maximum atomic E-state index is 11.3. The smallest absolute Gasteiger partial charge is 0.339 e. The van der Waals surface area contributed by atoms with E-state index in [9.17, 15) is 9.90 Å². The molecule has 0 aliphatic carbocycles. The van der Waals surface area contributed by atoms with E-state index in [-0.39, 0.29) is 5.56 Å². The lowest BCUT2D eigenvalue weighted by Crippen LogP contribution is -2.03. The normalized spacial score (nSPS) is 10.0. The van der Waals surface area contributed by atoms with Crippen molar-refractivity contribution in [2.75, 3.05) is 7.11 Å². The molecule has 0 aromatic heterocycles. The summed E-state index contributed by atoms with van der Waals surface area (Å²) in [5, 5.41) is 9.24.